The second-order valence-electron chi connectivity index (χ2n) is 4.42. The Hall–Kier alpha value is -1.42. The molecule has 17 heavy (non-hydrogen) atoms. The molecule has 4 nitrogen and oxygen atoms in total. The van der Waals surface area contributed by atoms with E-state index >= 15 is 0 Å². The summed E-state index contributed by atoms with van der Waals surface area (Å²) in [5.41, 5.74) is 2.23. The van der Waals surface area contributed by atoms with Crippen LogP contribution in [0.4, 0.5) is 0 Å². The van der Waals surface area contributed by atoms with Crippen LogP contribution in [0.1, 0.15) is 49.1 Å². The number of rotatable bonds is 4. The number of hydrogen-bond acceptors (Lipinski definition) is 4. The molecule has 1 N–H and O–H groups in total. The van der Waals surface area contributed by atoms with Crippen molar-refractivity contribution in [1.82, 2.24) is 4.98 Å². The maximum atomic E-state index is 11.6. The number of hydrogen-bond donors (Lipinski definition) is 1. The van der Waals surface area contributed by atoms with E-state index in [1.807, 2.05) is 6.92 Å². The van der Waals surface area contributed by atoms with E-state index in [2.05, 4.69) is 4.98 Å². The van der Waals surface area contributed by atoms with E-state index < -0.39 is 0 Å². The predicted molar refractivity (Wildman–Crippen MR) is 62.7 cm³/mol. The molecule has 92 valence electrons. The third-order valence-corrected chi connectivity index (χ3v) is 3.06. The van der Waals surface area contributed by atoms with E-state index in [4.69, 9.17) is 4.74 Å². The number of ketones is 1. The maximum Gasteiger partial charge on any atom is 0.142 e. The molecule has 1 aliphatic heterocycles. The zero-order valence-electron chi connectivity index (χ0n) is 10.2. The molecular weight excluding hydrogens is 218 g/mol. The molecule has 0 fully saturated rings. The molecule has 1 unspecified atom stereocenters. The van der Waals surface area contributed by atoms with Crippen LogP contribution in [0.5, 0.6) is 5.75 Å². The molecule has 2 rings (SSSR count). The van der Waals surface area contributed by atoms with Gasteiger partial charge in [0.2, 0.25) is 0 Å². The van der Waals surface area contributed by atoms with Gasteiger partial charge in [-0.25, -0.2) is 0 Å². The maximum absolute atomic E-state index is 11.6. The number of aromatic hydroxyl groups is 1. The third kappa shape index (κ3) is 2.31. The van der Waals surface area contributed by atoms with Crippen LogP contribution in [0.25, 0.3) is 0 Å². The molecule has 1 atom stereocenters. The third-order valence-electron chi connectivity index (χ3n) is 3.06. The lowest BCUT2D eigenvalue weighted by Crippen LogP contribution is -2.06. The monoisotopic (exact) mass is 235 g/mol. The van der Waals surface area contributed by atoms with Crippen molar-refractivity contribution in [2.24, 2.45) is 0 Å². The van der Waals surface area contributed by atoms with Gasteiger partial charge in [0.25, 0.3) is 0 Å². The molecule has 0 amide bonds. The molecule has 4 heteroatoms. The zero-order valence-corrected chi connectivity index (χ0v) is 10.2. The van der Waals surface area contributed by atoms with Crippen molar-refractivity contribution in [2.75, 3.05) is 0 Å². The van der Waals surface area contributed by atoms with E-state index in [9.17, 15) is 9.90 Å². The number of carbonyl (C=O) groups is 1. The topological polar surface area (TPSA) is 59.4 Å². The van der Waals surface area contributed by atoms with Gasteiger partial charge in [0.15, 0.2) is 0 Å². The first-order valence-corrected chi connectivity index (χ1v) is 5.94. The molecule has 0 bridgehead atoms. The first kappa shape index (κ1) is 12.0. The summed E-state index contributed by atoms with van der Waals surface area (Å²) >= 11 is 0. The lowest BCUT2D eigenvalue weighted by atomic mass is 10.00. The Morgan fingerprint density at radius 2 is 2.41 bits per heavy atom. The Bertz CT molecular complexity index is 443. The fourth-order valence-corrected chi connectivity index (χ4v) is 2.15. The van der Waals surface area contributed by atoms with Crippen LogP contribution < -0.4 is 0 Å². The zero-order chi connectivity index (χ0) is 12.4. The fraction of sp³-hybridized carbons (Fsp3) is 0.538. The Morgan fingerprint density at radius 3 is 3.12 bits per heavy atom. The summed E-state index contributed by atoms with van der Waals surface area (Å²) in [6, 6.07) is 0. The van der Waals surface area contributed by atoms with Crippen molar-refractivity contribution in [1.29, 1.82) is 0 Å². The van der Waals surface area contributed by atoms with Crippen LogP contribution in [0.3, 0.4) is 0 Å². The van der Waals surface area contributed by atoms with E-state index in [1.165, 1.54) is 0 Å². The number of Topliss-reactive ketones (excluding diaryl/α,β-unsaturated/α-hetero) is 1. The lowest BCUT2D eigenvalue weighted by Gasteiger charge is -2.12. The van der Waals surface area contributed by atoms with Crippen LogP contribution >= 0.6 is 0 Å². The minimum atomic E-state index is -0.300. The van der Waals surface area contributed by atoms with Gasteiger partial charge in [-0.15, -0.1) is 0 Å². The highest BCUT2D eigenvalue weighted by atomic mass is 16.5. The van der Waals surface area contributed by atoms with Gasteiger partial charge in [-0.3, -0.25) is 9.78 Å². The first-order chi connectivity index (χ1) is 8.13. The van der Waals surface area contributed by atoms with Crippen molar-refractivity contribution in [3.8, 4) is 5.75 Å². The molecule has 1 aliphatic rings. The second kappa shape index (κ2) is 4.84. The number of carbonyl (C=O) groups excluding carboxylic acids is 1. The van der Waals surface area contributed by atoms with Crippen LogP contribution in [0.15, 0.2) is 6.20 Å². The van der Waals surface area contributed by atoms with Gasteiger partial charge in [0.05, 0.1) is 18.4 Å². The second-order valence-corrected chi connectivity index (χ2v) is 4.42. The molecule has 1 aromatic rings. The standard InChI is InChI=1S/C13H17NO3/c1-3-4-10(15)5-11-12-9(7-17-11)6-14-8(2)13(12)16/h6,11,16H,3-5,7H2,1-2H3. The molecule has 0 saturated heterocycles. The Morgan fingerprint density at radius 1 is 1.65 bits per heavy atom. The Kier molecular flexibility index (Phi) is 3.43. The summed E-state index contributed by atoms with van der Waals surface area (Å²) in [6.45, 7) is 4.16. The molecular formula is C13H17NO3. The summed E-state index contributed by atoms with van der Waals surface area (Å²) in [5.74, 6) is 0.355. The number of aromatic nitrogens is 1. The van der Waals surface area contributed by atoms with Crippen LogP contribution in [0.2, 0.25) is 0 Å². The molecule has 0 aliphatic carbocycles. The molecule has 1 aromatic heterocycles. The number of fused-ring (bicyclic) bond motifs is 1. The Balaban J connectivity index is 2.21. The van der Waals surface area contributed by atoms with Gasteiger partial charge in [0.1, 0.15) is 11.5 Å². The minimum Gasteiger partial charge on any atom is -0.506 e. The number of aryl methyl sites for hydroxylation is 1. The van der Waals surface area contributed by atoms with Crippen molar-refractivity contribution < 1.29 is 14.6 Å². The predicted octanol–water partition coefficient (Wildman–Crippen LogP) is 2.43. The summed E-state index contributed by atoms with van der Waals surface area (Å²) in [6.07, 6.45) is 3.18. The van der Waals surface area contributed by atoms with Crippen LogP contribution in [-0.4, -0.2) is 15.9 Å². The van der Waals surface area contributed by atoms with Gasteiger partial charge in [0, 0.05) is 30.2 Å². The van der Waals surface area contributed by atoms with E-state index in [0.717, 1.165) is 17.5 Å². The fourth-order valence-electron chi connectivity index (χ4n) is 2.15. The summed E-state index contributed by atoms with van der Waals surface area (Å²) in [4.78, 5) is 15.7. The molecule has 2 heterocycles. The average Bonchev–Trinajstić information content (AvgIpc) is 2.68. The highest BCUT2D eigenvalue weighted by Crippen LogP contribution is 2.39. The van der Waals surface area contributed by atoms with Gasteiger partial charge in [-0.2, -0.15) is 0 Å². The number of ether oxygens (including phenoxy) is 1. The van der Waals surface area contributed by atoms with Gasteiger partial charge >= 0.3 is 0 Å². The highest BCUT2D eigenvalue weighted by molar-refractivity contribution is 5.79. The number of pyridine rings is 1. The van der Waals surface area contributed by atoms with Gasteiger partial charge in [-0.05, 0) is 13.3 Å². The largest absolute Gasteiger partial charge is 0.506 e. The van der Waals surface area contributed by atoms with Gasteiger partial charge < -0.3 is 9.84 Å². The summed E-state index contributed by atoms with van der Waals surface area (Å²) in [5, 5.41) is 9.98. The van der Waals surface area contributed by atoms with Crippen LogP contribution in [-0.2, 0) is 16.1 Å². The van der Waals surface area contributed by atoms with Crippen molar-refractivity contribution >= 4 is 5.78 Å². The van der Waals surface area contributed by atoms with E-state index in [-0.39, 0.29) is 17.6 Å². The normalized spacial score (nSPS) is 18.1. The number of nitrogens with zero attached hydrogens (tertiary/aromatic N) is 1. The smallest absolute Gasteiger partial charge is 0.142 e. The molecule has 0 radical (unpaired) electrons. The molecule has 0 saturated carbocycles. The van der Waals surface area contributed by atoms with Crippen molar-refractivity contribution in [3.05, 3.63) is 23.0 Å². The SMILES string of the molecule is CCCC(=O)CC1OCc2cnc(C)c(O)c21. The lowest BCUT2D eigenvalue weighted by molar-refractivity contribution is -0.121. The van der Waals surface area contributed by atoms with E-state index in [0.29, 0.717) is 25.1 Å². The van der Waals surface area contributed by atoms with E-state index in [1.54, 1.807) is 13.1 Å². The van der Waals surface area contributed by atoms with Crippen molar-refractivity contribution in [2.45, 2.75) is 45.8 Å². The van der Waals surface area contributed by atoms with Gasteiger partial charge in [-0.1, -0.05) is 6.92 Å². The summed E-state index contributed by atoms with van der Waals surface area (Å²) < 4.78 is 5.56. The quantitative estimate of drug-likeness (QED) is 0.870. The molecule has 0 spiro atoms. The molecule has 0 aromatic carbocycles. The van der Waals surface area contributed by atoms with Crippen LogP contribution in [0, 0.1) is 6.92 Å². The Labute approximate surface area is 101 Å². The highest BCUT2D eigenvalue weighted by Gasteiger charge is 2.29. The van der Waals surface area contributed by atoms with Crippen molar-refractivity contribution in [3.63, 3.8) is 0 Å². The average molecular weight is 235 g/mol. The summed E-state index contributed by atoms with van der Waals surface area (Å²) in [7, 11) is 0. The first-order valence-electron chi connectivity index (χ1n) is 5.94. The minimum absolute atomic E-state index is 0.175.